The first-order chi connectivity index (χ1) is 10.1. The number of aryl methyl sites for hydroxylation is 1. The largest absolute Gasteiger partial charge is 0.269 e. The van der Waals surface area contributed by atoms with E-state index in [1.165, 1.54) is 0 Å². The monoisotopic (exact) mass is 300 g/mol. The lowest BCUT2D eigenvalue weighted by molar-refractivity contribution is 0.0846. The minimum Gasteiger partial charge on any atom is -0.267 e. The molecule has 2 aromatic rings. The molecule has 0 saturated carbocycles. The van der Waals surface area contributed by atoms with Gasteiger partial charge in [-0.1, -0.05) is 17.7 Å². The third kappa shape index (κ3) is 4.10. The Bertz CT molecular complexity index is 636. The number of hydrogen-bond acceptors (Lipinski definition) is 3. The minimum absolute atomic E-state index is 0.343. The van der Waals surface area contributed by atoms with Gasteiger partial charge in [-0.2, -0.15) is 0 Å². The second-order valence-corrected chi connectivity index (χ2v) is 5.38. The molecule has 0 radical (unpaired) electrons. The zero-order chi connectivity index (χ0) is 15.2. The highest BCUT2D eigenvalue weighted by molar-refractivity contribution is 7.98. The van der Waals surface area contributed by atoms with Crippen molar-refractivity contribution >= 4 is 23.6 Å². The van der Waals surface area contributed by atoms with Crippen molar-refractivity contribution in [2.75, 3.05) is 6.26 Å². The highest BCUT2D eigenvalue weighted by Crippen LogP contribution is 2.14. The van der Waals surface area contributed by atoms with Crippen molar-refractivity contribution in [1.29, 1.82) is 0 Å². The average molecular weight is 300 g/mol. The molecule has 2 N–H and O–H groups in total. The van der Waals surface area contributed by atoms with Crippen molar-refractivity contribution in [3.05, 3.63) is 65.2 Å². The Morgan fingerprint density at radius 1 is 0.810 bits per heavy atom. The number of benzene rings is 2. The maximum absolute atomic E-state index is 11.9. The quantitative estimate of drug-likeness (QED) is 0.677. The van der Waals surface area contributed by atoms with Gasteiger partial charge in [0.25, 0.3) is 11.8 Å². The molecule has 2 aromatic carbocycles. The van der Waals surface area contributed by atoms with Gasteiger partial charge in [0.2, 0.25) is 0 Å². The second kappa shape index (κ2) is 6.95. The number of nitrogens with one attached hydrogen (secondary N) is 2. The summed E-state index contributed by atoms with van der Waals surface area (Å²) in [4.78, 5) is 24.8. The molecular formula is C16H16N2O2S. The molecule has 0 bridgehead atoms. The van der Waals surface area contributed by atoms with E-state index in [0.29, 0.717) is 11.1 Å². The summed E-state index contributed by atoms with van der Waals surface area (Å²) in [5, 5.41) is 0. The van der Waals surface area contributed by atoms with Gasteiger partial charge in [-0.15, -0.1) is 11.8 Å². The van der Waals surface area contributed by atoms with Gasteiger partial charge in [0, 0.05) is 16.0 Å². The van der Waals surface area contributed by atoms with Gasteiger partial charge in [-0.05, 0) is 49.6 Å². The molecule has 0 heterocycles. The number of hydrazine groups is 1. The van der Waals surface area contributed by atoms with E-state index >= 15 is 0 Å². The summed E-state index contributed by atoms with van der Waals surface area (Å²) >= 11 is 1.60. The van der Waals surface area contributed by atoms with Crippen molar-refractivity contribution < 1.29 is 9.59 Å². The molecule has 0 fully saturated rings. The van der Waals surface area contributed by atoms with E-state index in [0.717, 1.165) is 10.5 Å². The molecule has 0 aliphatic heterocycles. The number of amides is 2. The van der Waals surface area contributed by atoms with E-state index in [-0.39, 0.29) is 11.8 Å². The fourth-order valence-corrected chi connectivity index (χ4v) is 2.11. The predicted molar refractivity (Wildman–Crippen MR) is 84.3 cm³/mol. The standard InChI is InChI=1S/C16H16N2O2S/c1-11-3-5-12(6-4-11)15(19)17-18-16(20)13-7-9-14(21-2)10-8-13/h3-10H,1-2H3,(H,17,19)(H,18,20). The Morgan fingerprint density at radius 3 is 1.67 bits per heavy atom. The van der Waals surface area contributed by atoms with Crippen LogP contribution in [0.4, 0.5) is 0 Å². The van der Waals surface area contributed by atoms with E-state index < -0.39 is 0 Å². The first kappa shape index (κ1) is 15.1. The van der Waals surface area contributed by atoms with Crippen molar-refractivity contribution in [2.24, 2.45) is 0 Å². The summed E-state index contributed by atoms with van der Waals surface area (Å²) < 4.78 is 0. The third-order valence-corrected chi connectivity index (χ3v) is 3.70. The number of carbonyl (C=O) groups is 2. The van der Waals surface area contributed by atoms with Crippen LogP contribution in [0.2, 0.25) is 0 Å². The van der Waals surface area contributed by atoms with Gasteiger partial charge in [-0.25, -0.2) is 0 Å². The molecule has 0 aliphatic carbocycles. The molecule has 2 amide bonds. The molecule has 0 aliphatic rings. The molecule has 2 rings (SSSR count). The van der Waals surface area contributed by atoms with Crippen LogP contribution in [0.25, 0.3) is 0 Å². The molecule has 4 nitrogen and oxygen atoms in total. The molecular weight excluding hydrogens is 284 g/mol. The fourth-order valence-electron chi connectivity index (χ4n) is 1.71. The summed E-state index contributed by atoms with van der Waals surface area (Å²) in [5.41, 5.74) is 6.88. The van der Waals surface area contributed by atoms with Crippen LogP contribution >= 0.6 is 11.8 Å². The number of rotatable bonds is 3. The Balaban J connectivity index is 1.93. The summed E-state index contributed by atoms with van der Waals surface area (Å²) in [5.74, 6) is -0.688. The lowest BCUT2D eigenvalue weighted by atomic mass is 10.1. The second-order valence-electron chi connectivity index (χ2n) is 4.50. The zero-order valence-electron chi connectivity index (χ0n) is 11.8. The van der Waals surface area contributed by atoms with Crippen molar-refractivity contribution in [3.63, 3.8) is 0 Å². The smallest absolute Gasteiger partial charge is 0.267 e. The summed E-state index contributed by atoms with van der Waals surface area (Å²) in [7, 11) is 0. The van der Waals surface area contributed by atoms with Crippen LogP contribution in [-0.4, -0.2) is 18.1 Å². The third-order valence-electron chi connectivity index (χ3n) is 2.96. The highest BCUT2D eigenvalue weighted by atomic mass is 32.2. The van der Waals surface area contributed by atoms with Crippen LogP contribution in [0.5, 0.6) is 0 Å². The first-order valence-corrected chi connectivity index (χ1v) is 7.64. The van der Waals surface area contributed by atoms with Crippen LogP contribution in [0.1, 0.15) is 26.3 Å². The predicted octanol–water partition coefficient (Wildman–Crippen LogP) is 2.79. The Kier molecular flexibility index (Phi) is 5.00. The molecule has 0 atom stereocenters. The van der Waals surface area contributed by atoms with Crippen LogP contribution in [0, 0.1) is 6.92 Å². The van der Waals surface area contributed by atoms with E-state index in [1.807, 2.05) is 37.4 Å². The Labute approximate surface area is 127 Å². The van der Waals surface area contributed by atoms with E-state index in [2.05, 4.69) is 10.9 Å². The lowest BCUT2D eigenvalue weighted by Gasteiger charge is -2.08. The number of carbonyl (C=O) groups excluding carboxylic acids is 2. The van der Waals surface area contributed by atoms with E-state index in [9.17, 15) is 9.59 Å². The van der Waals surface area contributed by atoms with Gasteiger partial charge in [-0.3, -0.25) is 20.4 Å². The van der Waals surface area contributed by atoms with Gasteiger partial charge in [0.05, 0.1) is 0 Å². The fraction of sp³-hybridized carbons (Fsp3) is 0.125. The highest BCUT2D eigenvalue weighted by Gasteiger charge is 2.08. The van der Waals surface area contributed by atoms with Crippen LogP contribution in [-0.2, 0) is 0 Å². The molecule has 0 spiro atoms. The van der Waals surface area contributed by atoms with Crippen LogP contribution in [0.15, 0.2) is 53.4 Å². The average Bonchev–Trinajstić information content (AvgIpc) is 2.53. The van der Waals surface area contributed by atoms with Crippen molar-refractivity contribution in [3.8, 4) is 0 Å². The van der Waals surface area contributed by atoms with Crippen molar-refractivity contribution in [2.45, 2.75) is 11.8 Å². The maximum atomic E-state index is 11.9. The molecule has 0 saturated heterocycles. The number of hydrogen-bond donors (Lipinski definition) is 2. The Hall–Kier alpha value is -2.27. The zero-order valence-corrected chi connectivity index (χ0v) is 12.7. The van der Waals surface area contributed by atoms with Crippen LogP contribution < -0.4 is 10.9 Å². The molecule has 0 unspecified atom stereocenters. The normalized spacial score (nSPS) is 10.0. The first-order valence-electron chi connectivity index (χ1n) is 6.41. The summed E-state index contributed by atoms with van der Waals surface area (Å²) in [6, 6.07) is 14.3. The SMILES string of the molecule is CSc1ccc(C(=O)NNC(=O)c2ccc(C)cc2)cc1. The van der Waals surface area contributed by atoms with Gasteiger partial charge < -0.3 is 0 Å². The number of thioether (sulfide) groups is 1. The maximum Gasteiger partial charge on any atom is 0.269 e. The molecule has 5 heteroatoms. The topological polar surface area (TPSA) is 58.2 Å². The minimum atomic E-state index is -0.344. The van der Waals surface area contributed by atoms with E-state index in [4.69, 9.17) is 0 Å². The molecule has 21 heavy (non-hydrogen) atoms. The van der Waals surface area contributed by atoms with Crippen LogP contribution in [0.3, 0.4) is 0 Å². The summed E-state index contributed by atoms with van der Waals surface area (Å²) in [6.45, 7) is 1.95. The van der Waals surface area contributed by atoms with E-state index in [1.54, 1.807) is 36.0 Å². The molecule has 108 valence electrons. The van der Waals surface area contributed by atoms with Gasteiger partial charge >= 0.3 is 0 Å². The van der Waals surface area contributed by atoms with Crippen molar-refractivity contribution in [1.82, 2.24) is 10.9 Å². The van der Waals surface area contributed by atoms with Gasteiger partial charge in [0.1, 0.15) is 0 Å². The summed E-state index contributed by atoms with van der Waals surface area (Å²) in [6.07, 6.45) is 1.97. The molecule has 0 aromatic heterocycles. The van der Waals surface area contributed by atoms with Gasteiger partial charge in [0.15, 0.2) is 0 Å². The lowest BCUT2D eigenvalue weighted by Crippen LogP contribution is -2.41. The Morgan fingerprint density at radius 2 is 1.24 bits per heavy atom.